The minimum absolute atomic E-state index is 0.314. The van der Waals surface area contributed by atoms with Gasteiger partial charge in [0.05, 0.1) is 0 Å². The monoisotopic (exact) mass is 460 g/mol. The first-order valence-corrected chi connectivity index (χ1v) is 12.3. The molecule has 4 aliphatic rings. The van der Waals surface area contributed by atoms with Crippen molar-refractivity contribution >= 4 is 12.2 Å². The van der Waals surface area contributed by atoms with Crippen LogP contribution in [0.5, 0.6) is 0 Å². The van der Waals surface area contributed by atoms with Crippen LogP contribution in [0.15, 0.2) is 48.5 Å². The summed E-state index contributed by atoms with van der Waals surface area (Å²) in [5.41, 5.74) is 2.36. The predicted molar refractivity (Wildman–Crippen MR) is 127 cm³/mol. The molecule has 4 atom stereocenters. The molecule has 2 aromatic rings. The fraction of sp³-hybridized carbons (Fsp3) is 0.500. The molecule has 2 heterocycles. The normalized spacial score (nSPS) is 35.8. The summed E-state index contributed by atoms with van der Waals surface area (Å²) in [5, 5.41) is 0. The number of carbonyl (C=O) groups is 2. The van der Waals surface area contributed by atoms with Crippen molar-refractivity contribution in [3.63, 3.8) is 0 Å². The third-order valence-electron chi connectivity index (χ3n) is 9.58. The second-order valence-electron chi connectivity index (χ2n) is 11.0. The quantitative estimate of drug-likeness (QED) is 0.637. The van der Waals surface area contributed by atoms with Gasteiger partial charge in [-0.2, -0.15) is 0 Å². The van der Waals surface area contributed by atoms with Crippen molar-refractivity contribution in [2.24, 2.45) is 0 Å². The molecule has 0 radical (unpaired) electrons. The van der Waals surface area contributed by atoms with Gasteiger partial charge in [0.15, 0.2) is 0 Å². The summed E-state index contributed by atoms with van der Waals surface area (Å²) < 4.78 is 12.1. The summed E-state index contributed by atoms with van der Waals surface area (Å²) in [6.07, 6.45) is 2.69. The molecule has 4 unspecified atom stereocenters. The van der Waals surface area contributed by atoms with Gasteiger partial charge in [0, 0.05) is 13.1 Å². The van der Waals surface area contributed by atoms with E-state index in [1.165, 1.54) is 11.1 Å². The summed E-state index contributed by atoms with van der Waals surface area (Å²) >= 11 is 0. The van der Waals surface area contributed by atoms with E-state index in [0.29, 0.717) is 13.1 Å². The van der Waals surface area contributed by atoms with Crippen LogP contribution in [0.3, 0.4) is 0 Å². The van der Waals surface area contributed by atoms with Crippen molar-refractivity contribution in [1.29, 1.82) is 0 Å². The summed E-state index contributed by atoms with van der Waals surface area (Å²) in [5.74, 6) is 0. The number of nitrogens with zero attached hydrogens (tertiary/aromatic N) is 2. The van der Waals surface area contributed by atoms with Crippen LogP contribution in [0.2, 0.25) is 0 Å². The topological polar surface area (TPSA) is 59.1 Å². The summed E-state index contributed by atoms with van der Waals surface area (Å²) in [7, 11) is 0. The fourth-order valence-electron chi connectivity index (χ4n) is 7.08. The highest BCUT2D eigenvalue weighted by Crippen LogP contribution is 2.55. The van der Waals surface area contributed by atoms with E-state index in [0.717, 1.165) is 36.8 Å². The van der Waals surface area contributed by atoms with E-state index in [-0.39, 0.29) is 12.2 Å². The summed E-state index contributed by atoms with van der Waals surface area (Å²) in [6.45, 7) is 9.06. The molecule has 2 aliphatic carbocycles. The van der Waals surface area contributed by atoms with E-state index in [1.807, 2.05) is 35.8 Å². The average molecular weight is 461 g/mol. The number of carbonyl (C=O) groups excluding carboxylic acids is 2. The molecule has 2 aromatic carbocycles. The fourth-order valence-corrected chi connectivity index (χ4v) is 7.08. The second-order valence-corrected chi connectivity index (χ2v) is 11.0. The number of hydrogen-bond acceptors (Lipinski definition) is 4. The Balaban J connectivity index is 1.37. The van der Waals surface area contributed by atoms with E-state index >= 15 is 0 Å². The molecule has 0 saturated carbocycles. The molecule has 2 aliphatic heterocycles. The molecule has 6 heteroatoms. The lowest BCUT2D eigenvalue weighted by Gasteiger charge is -2.48. The van der Waals surface area contributed by atoms with Crippen molar-refractivity contribution < 1.29 is 19.1 Å². The molecule has 6 rings (SSSR count). The first-order valence-electron chi connectivity index (χ1n) is 12.3. The van der Waals surface area contributed by atoms with Crippen molar-refractivity contribution in [3.8, 4) is 0 Å². The van der Waals surface area contributed by atoms with Gasteiger partial charge in [-0.1, -0.05) is 48.5 Å². The summed E-state index contributed by atoms with van der Waals surface area (Å²) in [4.78, 5) is 30.2. The van der Waals surface area contributed by atoms with Gasteiger partial charge in [-0.05, 0) is 75.6 Å². The van der Waals surface area contributed by atoms with Crippen LogP contribution in [0, 0.1) is 0 Å². The third-order valence-corrected chi connectivity index (χ3v) is 9.58. The van der Waals surface area contributed by atoms with Gasteiger partial charge in [-0.3, -0.25) is 9.80 Å². The van der Waals surface area contributed by atoms with Crippen molar-refractivity contribution in [2.45, 2.75) is 75.7 Å². The zero-order valence-corrected chi connectivity index (χ0v) is 20.4. The zero-order chi connectivity index (χ0) is 23.9. The Morgan fingerprint density at radius 3 is 1.47 bits per heavy atom. The largest absolute Gasteiger partial charge is 0.440 e. The van der Waals surface area contributed by atoms with Crippen LogP contribution in [0.1, 0.15) is 62.8 Å². The smallest absolute Gasteiger partial charge is 0.411 e. The van der Waals surface area contributed by atoms with Gasteiger partial charge in [0.25, 0.3) is 0 Å². The van der Waals surface area contributed by atoms with Crippen LogP contribution in [0.25, 0.3) is 0 Å². The number of aryl methyl sites for hydroxylation is 2. The lowest BCUT2D eigenvalue weighted by atomic mass is 9.67. The van der Waals surface area contributed by atoms with Crippen molar-refractivity contribution in [1.82, 2.24) is 9.80 Å². The van der Waals surface area contributed by atoms with Crippen molar-refractivity contribution in [2.75, 3.05) is 13.1 Å². The van der Waals surface area contributed by atoms with Gasteiger partial charge >= 0.3 is 12.2 Å². The predicted octanol–water partition coefficient (Wildman–Crippen LogP) is 5.13. The number of rotatable bonds is 3. The maximum Gasteiger partial charge on any atom is 0.411 e. The lowest BCUT2D eigenvalue weighted by molar-refractivity contribution is -0.0179. The van der Waals surface area contributed by atoms with E-state index in [2.05, 4.69) is 50.2 Å². The molecule has 0 spiro atoms. The third kappa shape index (κ3) is 2.46. The molecule has 0 N–H and O–H groups in total. The van der Waals surface area contributed by atoms with E-state index in [4.69, 9.17) is 9.47 Å². The Kier molecular flexibility index (Phi) is 4.28. The molecule has 2 amide bonds. The average Bonchev–Trinajstić information content (AvgIpc) is 3.15. The molecular weight excluding hydrogens is 428 g/mol. The highest BCUT2D eigenvalue weighted by atomic mass is 16.6. The lowest BCUT2D eigenvalue weighted by Crippen LogP contribution is -2.58. The second kappa shape index (κ2) is 6.77. The standard InChI is InChI=1S/C28H32N2O4/c1-25-15-13-19-9-5-7-11-21(19)27(25,3)29(23(31)33-25)17-18-30-24(32)34-26(2)16-14-20-10-6-8-12-22(20)28(26,30)4/h5-12H,13-18H2,1-4H3. The van der Waals surface area contributed by atoms with Gasteiger partial charge in [0.1, 0.15) is 22.3 Å². The molecule has 6 nitrogen and oxygen atoms in total. The number of fused-ring (bicyclic) bond motifs is 6. The number of ether oxygens (including phenoxy) is 2. The van der Waals surface area contributed by atoms with E-state index in [9.17, 15) is 9.59 Å². The molecule has 2 fully saturated rings. The minimum atomic E-state index is -0.611. The van der Waals surface area contributed by atoms with E-state index < -0.39 is 22.3 Å². The molecule has 2 saturated heterocycles. The Bertz CT molecular complexity index is 1120. The maximum atomic E-state index is 13.2. The van der Waals surface area contributed by atoms with E-state index in [1.54, 1.807) is 0 Å². The van der Waals surface area contributed by atoms with Crippen LogP contribution >= 0.6 is 0 Å². The molecule has 0 aromatic heterocycles. The first kappa shape index (κ1) is 21.5. The van der Waals surface area contributed by atoms with Gasteiger partial charge in [-0.15, -0.1) is 0 Å². The minimum Gasteiger partial charge on any atom is -0.440 e. The highest BCUT2D eigenvalue weighted by Gasteiger charge is 2.65. The highest BCUT2D eigenvalue weighted by molar-refractivity contribution is 5.76. The Morgan fingerprint density at radius 1 is 0.676 bits per heavy atom. The Morgan fingerprint density at radius 2 is 1.06 bits per heavy atom. The van der Waals surface area contributed by atoms with Crippen LogP contribution in [-0.2, 0) is 33.4 Å². The summed E-state index contributed by atoms with van der Waals surface area (Å²) in [6, 6.07) is 16.7. The van der Waals surface area contributed by atoms with Gasteiger partial charge in [0.2, 0.25) is 0 Å². The molecule has 178 valence electrons. The number of hydrogen-bond donors (Lipinski definition) is 0. The van der Waals surface area contributed by atoms with Crippen LogP contribution < -0.4 is 0 Å². The van der Waals surface area contributed by atoms with Gasteiger partial charge < -0.3 is 9.47 Å². The van der Waals surface area contributed by atoms with Crippen molar-refractivity contribution in [3.05, 3.63) is 70.8 Å². The molecule has 34 heavy (non-hydrogen) atoms. The number of amides is 2. The van der Waals surface area contributed by atoms with Gasteiger partial charge in [-0.25, -0.2) is 9.59 Å². The number of benzene rings is 2. The maximum absolute atomic E-state index is 13.2. The Hall–Kier alpha value is -3.02. The SMILES string of the molecule is CC12CCc3ccccc3C1(C)N(CCN1C(=O)OC3(C)CCc4ccccc4C13C)C(=O)O2. The molecular formula is C28H32N2O4. The van der Waals surface area contributed by atoms with Crippen LogP contribution in [0.4, 0.5) is 9.59 Å². The zero-order valence-electron chi connectivity index (χ0n) is 20.4. The Labute approximate surface area is 200 Å². The first-order chi connectivity index (χ1) is 16.1. The van der Waals surface area contributed by atoms with Crippen LogP contribution in [-0.4, -0.2) is 46.3 Å². The molecule has 0 bridgehead atoms.